The third-order valence-electron chi connectivity index (χ3n) is 3.98. The molecule has 3 aromatic rings. The number of rotatable bonds is 2. The van der Waals surface area contributed by atoms with Crippen LogP contribution in [-0.2, 0) is 0 Å². The van der Waals surface area contributed by atoms with Crippen molar-refractivity contribution in [1.82, 2.24) is 0 Å². The van der Waals surface area contributed by atoms with E-state index in [1.54, 1.807) is 0 Å². The van der Waals surface area contributed by atoms with Crippen LogP contribution in [0.5, 0.6) is 5.75 Å². The molecule has 2 aromatic carbocycles. The summed E-state index contributed by atoms with van der Waals surface area (Å²) in [4.78, 5) is 12.7. The average molecular weight is 294 g/mol. The molecule has 0 aliphatic rings. The van der Waals surface area contributed by atoms with E-state index in [9.17, 15) is 4.79 Å². The molecule has 112 valence electrons. The van der Waals surface area contributed by atoms with Crippen LogP contribution in [0.1, 0.15) is 16.7 Å². The van der Waals surface area contributed by atoms with E-state index < -0.39 is 0 Å². The SMILES string of the molecule is COc1c(-c2ccc(C)cc2)oc2cc(C)c(C)cc2c1=O. The third-order valence-corrected chi connectivity index (χ3v) is 3.98. The van der Waals surface area contributed by atoms with E-state index in [1.165, 1.54) is 7.11 Å². The van der Waals surface area contributed by atoms with Gasteiger partial charge in [-0.05, 0) is 44.0 Å². The van der Waals surface area contributed by atoms with Gasteiger partial charge in [-0.25, -0.2) is 0 Å². The van der Waals surface area contributed by atoms with E-state index in [1.807, 2.05) is 57.2 Å². The number of benzene rings is 2. The Kier molecular flexibility index (Phi) is 3.49. The van der Waals surface area contributed by atoms with E-state index in [2.05, 4.69) is 0 Å². The summed E-state index contributed by atoms with van der Waals surface area (Å²) in [7, 11) is 1.50. The first-order valence-electron chi connectivity index (χ1n) is 7.20. The molecule has 0 amide bonds. The first kappa shape index (κ1) is 14.4. The van der Waals surface area contributed by atoms with Gasteiger partial charge in [0.1, 0.15) is 5.58 Å². The zero-order valence-electron chi connectivity index (χ0n) is 13.2. The van der Waals surface area contributed by atoms with Crippen molar-refractivity contribution in [2.24, 2.45) is 0 Å². The van der Waals surface area contributed by atoms with Crippen molar-refractivity contribution in [2.45, 2.75) is 20.8 Å². The summed E-state index contributed by atoms with van der Waals surface area (Å²) in [6.07, 6.45) is 0. The lowest BCUT2D eigenvalue weighted by molar-refractivity contribution is 0.398. The maximum Gasteiger partial charge on any atom is 0.235 e. The monoisotopic (exact) mass is 294 g/mol. The molecule has 0 aliphatic heterocycles. The molecular formula is C19H18O3. The van der Waals surface area contributed by atoms with Crippen molar-refractivity contribution in [3.63, 3.8) is 0 Å². The molecule has 0 saturated carbocycles. The van der Waals surface area contributed by atoms with E-state index in [0.29, 0.717) is 16.7 Å². The van der Waals surface area contributed by atoms with Crippen LogP contribution in [0.25, 0.3) is 22.3 Å². The Bertz CT molecular complexity index is 903. The van der Waals surface area contributed by atoms with Crippen LogP contribution in [0.3, 0.4) is 0 Å². The Labute approximate surface area is 129 Å². The van der Waals surface area contributed by atoms with E-state index in [4.69, 9.17) is 9.15 Å². The van der Waals surface area contributed by atoms with Crippen LogP contribution in [-0.4, -0.2) is 7.11 Å². The normalized spacial score (nSPS) is 10.9. The highest BCUT2D eigenvalue weighted by Crippen LogP contribution is 2.31. The number of ether oxygens (including phenoxy) is 1. The molecular weight excluding hydrogens is 276 g/mol. The first-order valence-corrected chi connectivity index (χ1v) is 7.20. The van der Waals surface area contributed by atoms with Crippen LogP contribution < -0.4 is 10.2 Å². The van der Waals surface area contributed by atoms with Gasteiger partial charge in [-0.2, -0.15) is 0 Å². The summed E-state index contributed by atoms with van der Waals surface area (Å²) in [6, 6.07) is 11.6. The lowest BCUT2D eigenvalue weighted by Crippen LogP contribution is -2.08. The Hall–Kier alpha value is -2.55. The highest BCUT2D eigenvalue weighted by atomic mass is 16.5. The number of aryl methyl sites for hydroxylation is 3. The Balaban J connectivity index is 2.37. The molecule has 22 heavy (non-hydrogen) atoms. The molecule has 3 rings (SSSR count). The maximum atomic E-state index is 12.7. The van der Waals surface area contributed by atoms with Crippen molar-refractivity contribution < 1.29 is 9.15 Å². The molecule has 0 N–H and O–H groups in total. The topological polar surface area (TPSA) is 39.4 Å². The second-order valence-electron chi connectivity index (χ2n) is 5.59. The van der Waals surface area contributed by atoms with Crippen molar-refractivity contribution >= 4 is 11.0 Å². The van der Waals surface area contributed by atoms with Gasteiger partial charge in [-0.1, -0.05) is 29.8 Å². The summed E-state index contributed by atoms with van der Waals surface area (Å²) in [5, 5.41) is 0.552. The summed E-state index contributed by atoms with van der Waals surface area (Å²) < 4.78 is 11.3. The quantitative estimate of drug-likeness (QED) is 0.703. The van der Waals surface area contributed by atoms with E-state index >= 15 is 0 Å². The molecule has 3 heteroatoms. The zero-order valence-corrected chi connectivity index (χ0v) is 13.2. The highest BCUT2D eigenvalue weighted by molar-refractivity contribution is 5.83. The predicted octanol–water partition coefficient (Wildman–Crippen LogP) is 4.39. The smallest absolute Gasteiger partial charge is 0.235 e. The number of methoxy groups -OCH3 is 1. The van der Waals surface area contributed by atoms with Crippen molar-refractivity contribution in [3.8, 4) is 17.1 Å². The van der Waals surface area contributed by atoms with E-state index in [0.717, 1.165) is 22.3 Å². The lowest BCUT2D eigenvalue weighted by Gasteiger charge is -2.10. The van der Waals surface area contributed by atoms with Crippen molar-refractivity contribution in [1.29, 1.82) is 0 Å². The predicted molar refractivity (Wildman–Crippen MR) is 88.7 cm³/mol. The first-order chi connectivity index (χ1) is 10.5. The van der Waals surface area contributed by atoms with Crippen molar-refractivity contribution in [2.75, 3.05) is 7.11 Å². The molecule has 0 atom stereocenters. The fourth-order valence-electron chi connectivity index (χ4n) is 2.51. The highest BCUT2D eigenvalue weighted by Gasteiger charge is 2.17. The summed E-state index contributed by atoms with van der Waals surface area (Å²) in [6.45, 7) is 6.00. The molecule has 0 bridgehead atoms. The maximum absolute atomic E-state index is 12.7. The minimum absolute atomic E-state index is 0.137. The molecule has 0 fully saturated rings. The Morgan fingerprint density at radius 2 is 1.59 bits per heavy atom. The number of hydrogen-bond donors (Lipinski definition) is 0. The molecule has 0 unspecified atom stereocenters. The fraction of sp³-hybridized carbons (Fsp3) is 0.211. The Morgan fingerprint density at radius 1 is 0.955 bits per heavy atom. The minimum Gasteiger partial charge on any atom is -0.490 e. The van der Waals surface area contributed by atoms with E-state index in [-0.39, 0.29) is 11.2 Å². The average Bonchev–Trinajstić information content (AvgIpc) is 2.50. The summed E-state index contributed by atoms with van der Waals surface area (Å²) in [5.74, 6) is 0.725. The fourth-order valence-corrected chi connectivity index (χ4v) is 2.51. The zero-order chi connectivity index (χ0) is 15.9. The van der Waals surface area contributed by atoms with Gasteiger partial charge in [0.2, 0.25) is 11.2 Å². The van der Waals surface area contributed by atoms with Gasteiger partial charge in [0.15, 0.2) is 5.76 Å². The van der Waals surface area contributed by atoms with Crippen LogP contribution in [0.15, 0.2) is 45.6 Å². The molecule has 3 nitrogen and oxygen atoms in total. The molecule has 0 spiro atoms. The van der Waals surface area contributed by atoms with Crippen LogP contribution in [0, 0.1) is 20.8 Å². The molecule has 0 aliphatic carbocycles. The summed E-state index contributed by atoms with van der Waals surface area (Å²) >= 11 is 0. The van der Waals surface area contributed by atoms with Gasteiger partial charge in [0, 0.05) is 5.56 Å². The van der Waals surface area contributed by atoms with Gasteiger partial charge in [-0.15, -0.1) is 0 Å². The third kappa shape index (κ3) is 2.29. The summed E-state index contributed by atoms with van der Waals surface area (Å²) in [5.41, 5.74) is 4.59. The number of fused-ring (bicyclic) bond motifs is 1. The van der Waals surface area contributed by atoms with Gasteiger partial charge in [0.25, 0.3) is 0 Å². The largest absolute Gasteiger partial charge is 0.490 e. The molecule has 1 aromatic heterocycles. The van der Waals surface area contributed by atoms with Crippen LogP contribution >= 0.6 is 0 Å². The number of hydrogen-bond acceptors (Lipinski definition) is 3. The second-order valence-corrected chi connectivity index (χ2v) is 5.59. The lowest BCUT2D eigenvalue weighted by atomic mass is 10.0. The molecule has 0 radical (unpaired) electrons. The van der Waals surface area contributed by atoms with Crippen LogP contribution in [0.4, 0.5) is 0 Å². The van der Waals surface area contributed by atoms with Gasteiger partial charge in [-0.3, -0.25) is 4.79 Å². The standard InChI is InChI=1S/C19H18O3/c1-11-5-7-14(8-6-11)18-19(21-4)17(20)15-9-12(2)13(3)10-16(15)22-18/h5-10H,1-4H3. The van der Waals surface area contributed by atoms with Crippen molar-refractivity contribution in [3.05, 3.63) is 63.3 Å². The molecule has 1 heterocycles. The Morgan fingerprint density at radius 3 is 2.23 bits per heavy atom. The second kappa shape index (κ2) is 5.34. The van der Waals surface area contributed by atoms with Gasteiger partial charge < -0.3 is 9.15 Å². The van der Waals surface area contributed by atoms with Gasteiger partial charge in [0.05, 0.1) is 12.5 Å². The molecule has 0 saturated heterocycles. The van der Waals surface area contributed by atoms with Crippen LogP contribution in [0.2, 0.25) is 0 Å². The van der Waals surface area contributed by atoms with Gasteiger partial charge >= 0.3 is 0 Å². The minimum atomic E-state index is -0.137.